The third-order valence-corrected chi connectivity index (χ3v) is 4.18. The van der Waals surface area contributed by atoms with Crippen LogP contribution in [0.1, 0.15) is 31.4 Å². The summed E-state index contributed by atoms with van der Waals surface area (Å²) in [7, 11) is 1.89. The molecule has 1 unspecified atom stereocenters. The van der Waals surface area contributed by atoms with Crippen molar-refractivity contribution in [3.8, 4) is 0 Å². The standard InChI is InChI=1S/C15H21BrN2O2/c1-11(19)13-6-5-12(16)9-14(13)17(2)10-15(20)18-7-3-4-8-18/h5-6,9,11,19H,3-4,7-8,10H2,1-2H3. The number of carbonyl (C=O) groups is 1. The molecule has 5 heteroatoms. The van der Waals surface area contributed by atoms with Crippen LogP contribution in [-0.2, 0) is 4.79 Å². The predicted molar refractivity (Wildman–Crippen MR) is 83.9 cm³/mol. The molecule has 1 saturated heterocycles. The molecule has 1 heterocycles. The van der Waals surface area contributed by atoms with Crippen molar-refractivity contribution in [3.63, 3.8) is 0 Å². The van der Waals surface area contributed by atoms with Crippen LogP contribution in [0.5, 0.6) is 0 Å². The van der Waals surface area contributed by atoms with E-state index in [-0.39, 0.29) is 5.91 Å². The van der Waals surface area contributed by atoms with E-state index in [1.807, 2.05) is 35.0 Å². The molecular formula is C15H21BrN2O2. The molecule has 110 valence electrons. The van der Waals surface area contributed by atoms with E-state index in [1.54, 1.807) is 6.92 Å². The lowest BCUT2D eigenvalue weighted by Crippen LogP contribution is -2.37. The Labute approximate surface area is 128 Å². The third kappa shape index (κ3) is 3.52. The van der Waals surface area contributed by atoms with E-state index in [9.17, 15) is 9.90 Å². The number of halogens is 1. The van der Waals surface area contributed by atoms with Crippen LogP contribution in [0.4, 0.5) is 5.69 Å². The number of nitrogens with zero attached hydrogens (tertiary/aromatic N) is 2. The van der Waals surface area contributed by atoms with E-state index in [0.717, 1.165) is 41.7 Å². The van der Waals surface area contributed by atoms with E-state index in [0.29, 0.717) is 6.54 Å². The van der Waals surface area contributed by atoms with Crippen molar-refractivity contribution in [1.82, 2.24) is 4.90 Å². The van der Waals surface area contributed by atoms with Crippen molar-refractivity contribution in [2.75, 3.05) is 31.6 Å². The Kier molecular flexibility index (Phi) is 5.05. The molecule has 0 aliphatic carbocycles. The first-order chi connectivity index (χ1) is 9.49. The van der Waals surface area contributed by atoms with Crippen LogP contribution < -0.4 is 4.90 Å². The van der Waals surface area contributed by atoms with Gasteiger partial charge in [0.1, 0.15) is 0 Å². The Bertz CT molecular complexity index is 485. The molecule has 1 aromatic carbocycles. The molecule has 1 fully saturated rings. The molecule has 0 radical (unpaired) electrons. The SMILES string of the molecule is CC(O)c1ccc(Br)cc1N(C)CC(=O)N1CCCC1. The third-order valence-electron chi connectivity index (χ3n) is 3.69. The molecule has 0 aromatic heterocycles. The highest BCUT2D eigenvalue weighted by Gasteiger charge is 2.21. The van der Waals surface area contributed by atoms with E-state index in [4.69, 9.17) is 0 Å². The maximum Gasteiger partial charge on any atom is 0.242 e. The summed E-state index contributed by atoms with van der Waals surface area (Å²) in [5.74, 6) is 0.154. The lowest BCUT2D eigenvalue weighted by molar-refractivity contribution is -0.128. The molecule has 0 spiro atoms. The molecule has 1 aliphatic heterocycles. The molecule has 2 rings (SSSR count). The van der Waals surface area contributed by atoms with Gasteiger partial charge in [-0.05, 0) is 31.9 Å². The normalized spacial score (nSPS) is 16.3. The number of hydrogen-bond acceptors (Lipinski definition) is 3. The quantitative estimate of drug-likeness (QED) is 0.915. The molecule has 1 atom stereocenters. The van der Waals surface area contributed by atoms with Crippen LogP contribution in [-0.4, -0.2) is 42.6 Å². The largest absolute Gasteiger partial charge is 0.389 e. The Morgan fingerprint density at radius 2 is 2.10 bits per heavy atom. The fourth-order valence-electron chi connectivity index (χ4n) is 2.56. The van der Waals surface area contributed by atoms with Gasteiger partial charge in [0.25, 0.3) is 0 Å². The molecular weight excluding hydrogens is 320 g/mol. The zero-order chi connectivity index (χ0) is 14.7. The molecule has 4 nitrogen and oxygen atoms in total. The van der Waals surface area contributed by atoms with Gasteiger partial charge in [0.2, 0.25) is 5.91 Å². The van der Waals surface area contributed by atoms with Gasteiger partial charge in [0, 0.05) is 35.9 Å². The van der Waals surface area contributed by atoms with Crippen LogP contribution >= 0.6 is 15.9 Å². The number of aliphatic hydroxyl groups is 1. The van der Waals surface area contributed by atoms with Gasteiger partial charge in [-0.3, -0.25) is 4.79 Å². The highest BCUT2D eigenvalue weighted by Crippen LogP contribution is 2.29. The Morgan fingerprint density at radius 1 is 1.45 bits per heavy atom. The number of likely N-dealkylation sites (N-methyl/N-ethyl adjacent to an activating group) is 1. The average Bonchev–Trinajstić information content (AvgIpc) is 2.92. The maximum absolute atomic E-state index is 12.2. The first kappa shape index (κ1) is 15.3. The predicted octanol–water partition coefficient (Wildman–Crippen LogP) is 2.56. The van der Waals surface area contributed by atoms with E-state index < -0.39 is 6.10 Å². The van der Waals surface area contributed by atoms with Gasteiger partial charge in [0.15, 0.2) is 0 Å². The van der Waals surface area contributed by atoms with Crippen LogP contribution in [0.3, 0.4) is 0 Å². The number of rotatable bonds is 4. The van der Waals surface area contributed by atoms with Gasteiger partial charge in [-0.1, -0.05) is 22.0 Å². The minimum atomic E-state index is -0.553. The molecule has 1 aliphatic rings. The molecule has 0 saturated carbocycles. The van der Waals surface area contributed by atoms with Gasteiger partial charge < -0.3 is 14.9 Å². The van der Waals surface area contributed by atoms with Crippen LogP contribution in [0, 0.1) is 0 Å². The number of anilines is 1. The lowest BCUT2D eigenvalue weighted by atomic mass is 10.1. The molecule has 0 bridgehead atoms. The Hall–Kier alpha value is -1.07. The maximum atomic E-state index is 12.2. The summed E-state index contributed by atoms with van der Waals surface area (Å²) in [5.41, 5.74) is 1.73. The topological polar surface area (TPSA) is 43.8 Å². The van der Waals surface area contributed by atoms with Crippen molar-refractivity contribution in [1.29, 1.82) is 0 Å². The number of amides is 1. The summed E-state index contributed by atoms with van der Waals surface area (Å²) in [6, 6.07) is 5.74. The molecule has 1 aromatic rings. The van der Waals surface area contributed by atoms with Crippen molar-refractivity contribution in [2.24, 2.45) is 0 Å². The van der Waals surface area contributed by atoms with E-state index in [1.165, 1.54) is 0 Å². The van der Waals surface area contributed by atoms with Crippen LogP contribution in [0.25, 0.3) is 0 Å². The number of aliphatic hydroxyl groups excluding tert-OH is 1. The second-order valence-electron chi connectivity index (χ2n) is 5.32. The molecule has 1 N–H and O–H groups in total. The summed E-state index contributed by atoms with van der Waals surface area (Å²) in [6.45, 7) is 3.82. The Balaban J connectivity index is 2.13. The highest BCUT2D eigenvalue weighted by molar-refractivity contribution is 9.10. The average molecular weight is 341 g/mol. The molecule has 20 heavy (non-hydrogen) atoms. The first-order valence-corrected chi connectivity index (χ1v) is 7.75. The summed E-state index contributed by atoms with van der Waals surface area (Å²) >= 11 is 3.44. The van der Waals surface area contributed by atoms with Gasteiger partial charge in [-0.15, -0.1) is 0 Å². The Morgan fingerprint density at radius 3 is 2.70 bits per heavy atom. The highest BCUT2D eigenvalue weighted by atomic mass is 79.9. The van der Waals surface area contributed by atoms with Crippen molar-refractivity contribution in [3.05, 3.63) is 28.2 Å². The zero-order valence-corrected chi connectivity index (χ0v) is 13.6. The monoisotopic (exact) mass is 340 g/mol. The van der Waals surface area contributed by atoms with Crippen molar-refractivity contribution >= 4 is 27.5 Å². The summed E-state index contributed by atoms with van der Waals surface area (Å²) in [6.07, 6.45) is 1.65. The molecule has 1 amide bonds. The minimum Gasteiger partial charge on any atom is -0.389 e. The van der Waals surface area contributed by atoms with Gasteiger partial charge in [-0.25, -0.2) is 0 Å². The van der Waals surface area contributed by atoms with Crippen LogP contribution in [0.2, 0.25) is 0 Å². The number of benzene rings is 1. The zero-order valence-electron chi connectivity index (χ0n) is 12.0. The lowest BCUT2D eigenvalue weighted by Gasteiger charge is -2.26. The first-order valence-electron chi connectivity index (χ1n) is 6.95. The van der Waals surface area contributed by atoms with Gasteiger partial charge >= 0.3 is 0 Å². The second kappa shape index (κ2) is 6.59. The number of likely N-dealkylation sites (tertiary alicyclic amines) is 1. The minimum absolute atomic E-state index is 0.154. The summed E-state index contributed by atoms with van der Waals surface area (Å²) in [5, 5.41) is 9.85. The number of hydrogen-bond donors (Lipinski definition) is 1. The fraction of sp³-hybridized carbons (Fsp3) is 0.533. The summed E-state index contributed by atoms with van der Waals surface area (Å²) in [4.78, 5) is 16.0. The fourth-order valence-corrected chi connectivity index (χ4v) is 2.90. The van der Waals surface area contributed by atoms with Crippen molar-refractivity contribution in [2.45, 2.75) is 25.9 Å². The van der Waals surface area contributed by atoms with Crippen LogP contribution in [0.15, 0.2) is 22.7 Å². The van der Waals surface area contributed by atoms with Gasteiger partial charge in [-0.2, -0.15) is 0 Å². The van der Waals surface area contributed by atoms with Gasteiger partial charge in [0.05, 0.1) is 12.6 Å². The number of carbonyl (C=O) groups excluding carboxylic acids is 1. The van der Waals surface area contributed by atoms with Crippen molar-refractivity contribution < 1.29 is 9.90 Å². The second-order valence-corrected chi connectivity index (χ2v) is 6.24. The van der Waals surface area contributed by atoms with E-state index in [2.05, 4.69) is 15.9 Å². The van der Waals surface area contributed by atoms with E-state index >= 15 is 0 Å². The smallest absolute Gasteiger partial charge is 0.242 e. The summed E-state index contributed by atoms with van der Waals surface area (Å²) < 4.78 is 0.942.